The van der Waals surface area contributed by atoms with E-state index in [2.05, 4.69) is 0 Å². The SMILES string of the molecule is O=CC(Cl)Cc1ccc(F)cc1. The number of carbonyl (C=O) groups is 1. The zero-order valence-corrected chi connectivity index (χ0v) is 7.09. The summed E-state index contributed by atoms with van der Waals surface area (Å²) < 4.78 is 12.4. The molecule has 0 radical (unpaired) electrons. The van der Waals surface area contributed by atoms with E-state index in [1.807, 2.05) is 0 Å². The van der Waals surface area contributed by atoms with Gasteiger partial charge >= 0.3 is 0 Å². The molecular weight excluding hydrogens is 179 g/mol. The van der Waals surface area contributed by atoms with Gasteiger partial charge in [-0.3, -0.25) is 0 Å². The predicted octanol–water partition coefficient (Wildman–Crippen LogP) is 2.17. The molecule has 0 heterocycles. The molecular formula is C9H8ClFO. The molecule has 1 rings (SSSR count). The van der Waals surface area contributed by atoms with Crippen molar-refractivity contribution in [2.24, 2.45) is 0 Å². The second kappa shape index (κ2) is 4.21. The van der Waals surface area contributed by atoms with Crippen LogP contribution >= 0.6 is 11.6 Å². The molecule has 0 fully saturated rings. The lowest BCUT2D eigenvalue weighted by Gasteiger charge is -2.00. The van der Waals surface area contributed by atoms with Crippen molar-refractivity contribution in [3.8, 4) is 0 Å². The van der Waals surface area contributed by atoms with Crippen LogP contribution in [0.25, 0.3) is 0 Å². The highest BCUT2D eigenvalue weighted by molar-refractivity contribution is 6.27. The van der Waals surface area contributed by atoms with Crippen LogP contribution in [-0.2, 0) is 11.2 Å². The predicted molar refractivity (Wildman–Crippen MR) is 45.8 cm³/mol. The maximum absolute atomic E-state index is 12.4. The van der Waals surface area contributed by atoms with Crippen molar-refractivity contribution in [2.75, 3.05) is 0 Å². The highest BCUT2D eigenvalue weighted by Crippen LogP contribution is 2.07. The summed E-state index contributed by atoms with van der Waals surface area (Å²) in [4.78, 5) is 10.2. The smallest absolute Gasteiger partial charge is 0.138 e. The van der Waals surface area contributed by atoms with Gasteiger partial charge in [-0.1, -0.05) is 12.1 Å². The van der Waals surface area contributed by atoms with Gasteiger partial charge in [-0.25, -0.2) is 4.39 Å². The number of benzene rings is 1. The molecule has 0 saturated carbocycles. The Morgan fingerprint density at radius 1 is 1.42 bits per heavy atom. The molecule has 0 amide bonds. The molecule has 1 unspecified atom stereocenters. The summed E-state index contributed by atoms with van der Waals surface area (Å²) in [5.41, 5.74) is 0.864. The van der Waals surface area contributed by atoms with Crippen molar-refractivity contribution >= 4 is 17.9 Å². The molecule has 1 aromatic carbocycles. The number of hydrogen-bond donors (Lipinski definition) is 0. The molecule has 0 aliphatic carbocycles. The molecule has 0 aromatic heterocycles. The quantitative estimate of drug-likeness (QED) is 0.522. The fourth-order valence-electron chi connectivity index (χ4n) is 0.894. The van der Waals surface area contributed by atoms with E-state index in [0.717, 1.165) is 5.56 Å². The Kier molecular flexibility index (Phi) is 3.23. The van der Waals surface area contributed by atoms with Crippen molar-refractivity contribution in [1.29, 1.82) is 0 Å². The molecule has 0 aliphatic rings. The first kappa shape index (κ1) is 9.20. The normalized spacial score (nSPS) is 12.5. The van der Waals surface area contributed by atoms with E-state index in [9.17, 15) is 9.18 Å². The van der Waals surface area contributed by atoms with E-state index in [1.165, 1.54) is 12.1 Å². The van der Waals surface area contributed by atoms with Gasteiger partial charge in [0.2, 0.25) is 0 Å². The van der Waals surface area contributed by atoms with Crippen LogP contribution < -0.4 is 0 Å². The van der Waals surface area contributed by atoms with Gasteiger partial charge in [0.05, 0.1) is 5.38 Å². The Labute approximate surface area is 75.2 Å². The van der Waals surface area contributed by atoms with Crippen molar-refractivity contribution < 1.29 is 9.18 Å². The second-order valence-corrected chi connectivity index (χ2v) is 3.04. The first-order chi connectivity index (χ1) is 5.72. The van der Waals surface area contributed by atoms with Crippen LogP contribution in [-0.4, -0.2) is 11.7 Å². The van der Waals surface area contributed by atoms with Gasteiger partial charge in [0.1, 0.15) is 12.1 Å². The van der Waals surface area contributed by atoms with Gasteiger partial charge < -0.3 is 4.79 Å². The Morgan fingerprint density at radius 3 is 2.50 bits per heavy atom. The van der Waals surface area contributed by atoms with Gasteiger partial charge in [-0.05, 0) is 24.1 Å². The topological polar surface area (TPSA) is 17.1 Å². The average Bonchev–Trinajstić information content (AvgIpc) is 2.09. The van der Waals surface area contributed by atoms with Gasteiger partial charge in [0.15, 0.2) is 0 Å². The van der Waals surface area contributed by atoms with Crippen LogP contribution in [0.1, 0.15) is 5.56 Å². The van der Waals surface area contributed by atoms with E-state index in [1.54, 1.807) is 12.1 Å². The fraction of sp³-hybridized carbons (Fsp3) is 0.222. The van der Waals surface area contributed by atoms with Gasteiger partial charge in [-0.15, -0.1) is 11.6 Å². The molecule has 64 valence electrons. The Bertz CT molecular complexity index is 258. The first-order valence-electron chi connectivity index (χ1n) is 3.56. The van der Waals surface area contributed by atoms with Crippen LogP contribution in [0.2, 0.25) is 0 Å². The summed E-state index contributed by atoms with van der Waals surface area (Å²) in [5, 5.41) is -0.518. The third-order valence-corrected chi connectivity index (χ3v) is 1.75. The third-order valence-electron chi connectivity index (χ3n) is 1.49. The lowest BCUT2D eigenvalue weighted by atomic mass is 10.1. The molecule has 0 saturated heterocycles. The summed E-state index contributed by atoms with van der Waals surface area (Å²) in [6, 6.07) is 5.94. The Hall–Kier alpha value is -0.890. The standard InChI is InChI=1S/C9H8ClFO/c10-8(6-12)5-7-1-3-9(11)4-2-7/h1-4,6,8H,5H2. The fourth-order valence-corrected chi connectivity index (χ4v) is 1.07. The third kappa shape index (κ3) is 2.62. The van der Waals surface area contributed by atoms with E-state index >= 15 is 0 Å². The molecule has 0 spiro atoms. The number of carbonyl (C=O) groups excluding carboxylic acids is 1. The minimum Gasteiger partial charge on any atom is -0.302 e. The highest BCUT2D eigenvalue weighted by Gasteiger charge is 2.03. The van der Waals surface area contributed by atoms with Crippen LogP contribution in [0, 0.1) is 5.82 Å². The maximum atomic E-state index is 12.4. The van der Waals surface area contributed by atoms with Gasteiger partial charge in [0.25, 0.3) is 0 Å². The van der Waals surface area contributed by atoms with Gasteiger partial charge in [0, 0.05) is 0 Å². The van der Waals surface area contributed by atoms with Crippen LogP contribution in [0.15, 0.2) is 24.3 Å². The van der Waals surface area contributed by atoms with Crippen LogP contribution in [0.5, 0.6) is 0 Å². The van der Waals surface area contributed by atoms with E-state index in [0.29, 0.717) is 12.7 Å². The lowest BCUT2D eigenvalue weighted by Crippen LogP contribution is -2.03. The van der Waals surface area contributed by atoms with E-state index in [4.69, 9.17) is 11.6 Å². The van der Waals surface area contributed by atoms with Crippen molar-refractivity contribution in [3.05, 3.63) is 35.6 Å². The molecule has 0 aliphatic heterocycles. The lowest BCUT2D eigenvalue weighted by molar-refractivity contribution is -0.107. The van der Waals surface area contributed by atoms with Crippen LogP contribution in [0.3, 0.4) is 0 Å². The number of alkyl halides is 1. The zero-order valence-electron chi connectivity index (χ0n) is 6.34. The largest absolute Gasteiger partial charge is 0.302 e. The Balaban J connectivity index is 2.64. The number of rotatable bonds is 3. The summed E-state index contributed by atoms with van der Waals surface area (Å²) in [6.45, 7) is 0. The summed E-state index contributed by atoms with van der Waals surface area (Å²) >= 11 is 5.58. The Morgan fingerprint density at radius 2 is 2.00 bits per heavy atom. The van der Waals surface area contributed by atoms with Crippen molar-refractivity contribution in [2.45, 2.75) is 11.8 Å². The molecule has 1 aromatic rings. The van der Waals surface area contributed by atoms with Crippen LogP contribution in [0.4, 0.5) is 4.39 Å². The van der Waals surface area contributed by atoms with Crippen molar-refractivity contribution in [1.82, 2.24) is 0 Å². The molecule has 0 bridgehead atoms. The molecule has 12 heavy (non-hydrogen) atoms. The first-order valence-corrected chi connectivity index (χ1v) is 4.00. The second-order valence-electron chi connectivity index (χ2n) is 2.48. The molecule has 1 atom stereocenters. The number of aldehydes is 1. The van der Waals surface area contributed by atoms with E-state index in [-0.39, 0.29) is 5.82 Å². The molecule has 1 nitrogen and oxygen atoms in total. The summed E-state index contributed by atoms with van der Waals surface area (Å²) in [7, 11) is 0. The zero-order chi connectivity index (χ0) is 8.97. The number of hydrogen-bond acceptors (Lipinski definition) is 1. The molecule has 0 N–H and O–H groups in total. The summed E-state index contributed by atoms with van der Waals surface area (Å²) in [6.07, 6.45) is 1.12. The van der Waals surface area contributed by atoms with Crippen molar-refractivity contribution in [3.63, 3.8) is 0 Å². The molecule has 3 heteroatoms. The maximum Gasteiger partial charge on any atom is 0.138 e. The summed E-state index contributed by atoms with van der Waals surface area (Å²) in [5.74, 6) is -0.282. The number of halogens is 2. The van der Waals surface area contributed by atoms with Gasteiger partial charge in [-0.2, -0.15) is 0 Å². The highest BCUT2D eigenvalue weighted by atomic mass is 35.5. The minimum atomic E-state index is -0.518. The monoisotopic (exact) mass is 186 g/mol. The van der Waals surface area contributed by atoms with E-state index < -0.39 is 5.38 Å². The minimum absolute atomic E-state index is 0.282. The average molecular weight is 187 g/mol.